The minimum absolute atomic E-state index is 0.290. The molecule has 0 aromatic heterocycles. The highest BCUT2D eigenvalue weighted by atomic mass is 14.2. The van der Waals surface area contributed by atoms with Crippen molar-refractivity contribution >= 4 is 10.8 Å². The smallest absolute Gasteiger partial charge is 0.0103 e. The van der Waals surface area contributed by atoms with Crippen LogP contribution in [0.3, 0.4) is 0 Å². The van der Waals surface area contributed by atoms with Crippen LogP contribution in [0.2, 0.25) is 0 Å². The van der Waals surface area contributed by atoms with Gasteiger partial charge in [-0.05, 0) is 28.2 Å². The van der Waals surface area contributed by atoms with Crippen molar-refractivity contribution in [2.24, 2.45) is 0 Å². The van der Waals surface area contributed by atoms with E-state index in [0.717, 1.165) is 0 Å². The summed E-state index contributed by atoms with van der Waals surface area (Å²) in [6, 6.07) is 15.4. The van der Waals surface area contributed by atoms with E-state index in [0.29, 0.717) is 5.41 Å². The van der Waals surface area contributed by atoms with Gasteiger partial charge >= 0.3 is 0 Å². The van der Waals surface area contributed by atoms with Gasteiger partial charge in [0.2, 0.25) is 0 Å². The molecule has 0 nitrogen and oxygen atoms in total. The first-order chi connectivity index (χ1) is 7.63. The molecule has 0 aliphatic heterocycles. The predicted molar refractivity (Wildman–Crippen MR) is 71.9 cm³/mol. The third-order valence-electron chi connectivity index (χ3n) is 3.41. The molecule has 0 spiro atoms. The van der Waals surface area contributed by atoms with Crippen LogP contribution in [0.25, 0.3) is 10.8 Å². The molecule has 0 saturated carbocycles. The van der Waals surface area contributed by atoms with E-state index in [9.17, 15) is 0 Å². The van der Waals surface area contributed by atoms with Crippen LogP contribution < -0.4 is 0 Å². The van der Waals surface area contributed by atoms with Crippen molar-refractivity contribution in [2.75, 3.05) is 0 Å². The zero-order valence-corrected chi connectivity index (χ0v) is 10.5. The first-order valence-electron chi connectivity index (χ1n) is 6.13. The van der Waals surface area contributed by atoms with E-state index in [1.165, 1.54) is 29.2 Å². The summed E-state index contributed by atoms with van der Waals surface area (Å²) < 4.78 is 0. The Morgan fingerprint density at radius 3 is 2.31 bits per heavy atom. The van der Waals surface area contributed by atoms with Crippen LogP contribution in [0.15, 0.2) is 42.5 Å². The summed E-state index contributed by atoms with van der Waals surface area (Å²) in [5.41, 5.74) is 1.74. The lowest BCUT2D eigenvalue weighted by molar-refractivity contribution is 0.473. The number of fused-ring (bicyclic) bond motifs is 1. The molecule has 0 heteroatoms. The molecule has 2 aromatic rings. The van der Waals surface area contributed by atoms with Gasteiger partial charge in [0.1, 0.15) is 0 Å². The molecule has 0 saturated heterocycles. The van der Waals surface area contributed by atoms with Crippen LogP contribution in [0, 0.1) is 0 Å². The van der Waals surface area contributed by atoms with Gasteiger partial charge in [-0.3, -0.25) is 0 Å². The zero-order valence-electron chi connectivity index (χ0n) is 10.5. The second-order valence-corrected chi connectivity index (χ2v) is 5.20. The minimum Gasteiger partial charge on any atom is -0.0654 e. The highest BCUT2D eigenvalue weighted by molar-refractivity contribution is 5.83. The Kier molecular flexibility index (Phi) is 3.00. The molecule has 0 bridgehead atoms. The third kappa shape index (κ3) is 2.11. The van der Waals surface area contributed by atoms with E-state index in [1.54, 1.807) is 0 Å². The van der Waals surface area contributed by atoms with E-state index in [4.69, 9.17) is 0 Å². The minimum atomic E-state index is 0.290. The fourth-order valence-corrected chi connectivity index (χ4v) is 2.38. The maximum Gasteiger partial charge on any atom is -0.0103 e. The van der Waals surface area contributed by atoms with Crippen molar-refractivity contribution in [3.05, 3.63) is 48.0 Å². The molecule has 2 rings (SSSR count). The second-order valence-electron chi connectivity index (χ2n) is 5.20. The summed E-state index contributed by atoms with van der Waals surface area (Å²) in [7, 11) is 0. The molecule has 0 amide bonds. The van der Waals surface area contributed by atoms with Crippen molar-refractivity contribution in [3.8, 4) is 0 Å². The lowest BCUT2D eigenvalue weighted by Crippen LogP contribution is -2.16. The maximum absolute atomic E-state index is 2.34. The van der Waals surface area contributed by atoms with Gasteiger partial charge in [-0.2, -0.15) is 0 Å². The summed E-state index contributed by atoms with van der Waals surface area (Å²) in [6.45, 7) is 6.92. The van der Waals surface area contributed by atoms with E-state index in [1.807, 2.05) is 0 Å². The molecule has 0 fully saturated rings. The van der Waals surface area contributed by atoms with Crippen molar-refractivity contribution in [1.82, 2.24) is 0 Å². The van der Waals surface area contributed by atoms with Crippen LogP contribution in [0.5, 0.6) is 0 Å². The van der Waals surface area contributed by atoms with Crippen molar-refractivity contribution in [2.45, 2.75) is 39.0 Å². The number of benzene rings is 2. The van der Waals surface area contributed by atoms with Gasteiger partial charge in [0.25, 0.3) is 0 Å². The van der Waals surface area contributed by atoms with Gasteiger partial charge in [-0.15, -0.1) is 0 Å². The van der Waals surface area contributed by atoms with Crippen LogP contribution in [0.4, 0.5) is 0 Å². The van der Waals surface area contributed by atoms with E-state index < -0.39 is 0 Å². The summed E-state index contributed by atoms with van der Waals surface area (Å²) in [4.78, 5) is 0. The Bertz CT molecular complexity index is 480. The lowest BCUT2D eigenvalue weighted by Gasteiger charge is -2.25. The van der Waals surface area contributed by atoms with Crippen molar-refractivity contribution < 1.29 is 0 Å². The second kappa shape index (κ2) is 4.29. The molecule has 0 atom stereocenters. The standard InChI is InChI=1S/C16H20/c1-4-11-16(2,3)15-10-9-13-7-5-6-8-14(13)12-15/h5-10,12H,4,11H2,1-3H3. The first kappa shape index (κ1) is 11.2. The molecular weight excluding hydrogens is 192 g/mol. The van der Waals surface area contributed by atoms with Gasteiger partial charge < -0.3 is 0 Å². The molecule has 0 heterocycles. The number of hydrogen-bond acceptors (Lipinski definition) is 0. The van der Waals surface area contributed by atoms with Gasteiger partial charge in [0, 0.05) is 0 Å². The average Bonchev–Trinajstić information content (AvgIpc) is 2.28. The number of rotatable bonds is 3. The van der Waals surface area contributed by atoms with Gasteiger partial charge in [0.05, 0.1) is 0 Å². The SMILES string of the molecule is CCCC(C)(C)c1ccc2ccccc2c1. The van der Waals surface area contributed by atoms with Gasteiger partial charge in [-0.1, -0.05) is 69.7 Å². The Morgan fingerprint density at radius 2 is 1.62 bits per heavy atom. The van der Waals surface area contributed by atoms with Crippen LogP contribution >= 0.6 is 0 Å². The molecule has 0 aliphatic carbocycles. The zero-order chi connectivity index (χ0) is 11.6. The monoisotopic (exact) mass is 212 g/mol. The highest BCUT2D eigenvalue weighted by Gasteiger charge is 2.19. The molecule has 0 N–H and O–H groups in total. The molecule has 2 aromatic carbocycles. The van der Waals surface area contributed by atoms with E-state index >= 15 is 0 Å². The summed E-state index contributed by atoms with van der Waals surface area (Å²) in [5.74, 6) is 0. The van der Waals surface area contributed by atoms with Gasteiger partial charge in [0.15, 0.2) is 0 Å². The van der Waals surface area contributed by atoms with Crippen LogP contribution in [0.1, 0.15) is 39.2 Å². The van der Waals surface area contributed by atoms with E-state index in [-0.39, 0.29) is 0 Å². The summed E-state index contributed by atoms with van der Waals surface area (Å²) >= 11 is 0. The molecule has 16 heavy (non-hydrogen) atoms. The van der Waals surface area contributed by atoms with Gasteiger partial charge in [-0.25, -0.2) is 0 Å². The van der Waals surface area contributed by atoms with Crippen molar-refractivity contribution in [3.63, 3.8) is 0 Å². The Hall–Kier alpha value is -1.30. The Labute approximate surface area is 98.3 Å². The van der Waals surface area contributed by atoms with Crippen molar-refractivity contribution in [1.29, 1.82) is 0 Å². The topological polar surface area (TPSA) is 0 Å². The highest BCUT2D eigenvalue weighted by Crippen LogP contribution is 2.30. The fourth-order valence-electron chi connectivity index (χ4n) is 2.38. The largest absolute Gasteiger partial charge is 0.0654 e. The fraction of sp³-hybridized carbons (Fsp3) is 0.375. The maximum atomic E-state index is 2.34. The summed E-state index contributed by atoms with van der Waals surface area (Å²) in [6.07, 6.45) is 2.48. The number of hydrogen-bond donors (Lipinski definition) is 0. The molecule has 0 radical (unpaired) electrons. The van der Waals surface area contributed by atoms with E-state index in [2.05, 4.69) is 63.2 Å². The molecule has 84 valence electrons. The molecule has 0 unspecified atom stereocenters. The Balaban J connectivity index is 2.46. The normalized spacial score (nSPS) is 11.9. The third-order valence-corrected chi connectivity index (χ3v) is 3.41. The average molecular weight is 212 g/mol. The predicted octanol–water partition coefficient (Wildman–Crippen LogP) is 4.92. The van der Waals surface area contributed by atoms with Crippen LogP contribution in [-0.2, 0) is 5.41 Å². The molecule has 0 aliphatic rings. The quantitative estimate of drug-likeness (QED) is 0.677. The first-order valence-corrected chi connectivity index (χ1v) is 6.13. The molecular formula is C16H20. The summed E-state index contributed by atoms with van der Waals surface area (Å²) in [5, 5.41) is 2.68. The Morgan fingerprint density at radius 1 is 0.938 bits per heavy atom. The lowest BCUT2D eigenvalue weighted by atomic mass is 9.80. The van der Waals surface area contributed by atoms with Crippen LogP contribution in [-0.4, -0.2) is 0 Å².